The van der Waals surface area contributed by atoms with Crippen molar-refractivity contribution < 1.29 is 4.79 Å². The first-order chi connectivity index (χ1) is 6.84. The maximum atomic E-state index is 11.8. The summed E-state index contributed by atoms with van der Waals surface area (Å²) in [6.45, 7) is 9.97. The van der Waals surface area contributed by atoms with Gasteiger partial charge in [-0.2, -0.15) is 0 Å². The molecule has 15 heavy (non-hydrogen) atoms. The smallest absolute Gasteiger partial charge is 0.235 e. The molecule has 1 N–H and O–H groups in total. The summed E-state index contributed by atoms with van der Waals surface area (Å²) in [5.41, 5.74) is 0. The molecule has 0 spiro atoms. The minimum Gasteiger partial charge on any atom is -0.345 e. The van der Waals surface area contributed by atoms with E-state index in [2.05, 4.69) is 19.2 Å². The van der Waals surface area contributed by atoms with Crippen LogP contribution < -0.4 is 5.32 Å². The standard InChI is InChI=1S/C11H24N2OS/c1-7-13(6)10(14)9(2)15-11(3,4)8-12-5/h9,12H,7-8H2,1-6H3. The van der Waals surface area contributed by atoms with Crippen LogP contribution in [-0.2, 0) is 4.79 Å². The maximum absolute atomic E-state index is 11.8. The molecular weight excluding hydrogens is 208 g/mol. The minimum absolute atomic E-state index is 0.0262. The molecule has 0 fully saturated rings. The van der Waals surface area contributed by atoms with E-state index in [0.29, 0.717) is 0 Å². The maximum Gasteiger partial charge on any atom is 0.235 e. The zero-order valence-corrected chi connectivity index (χ0v) is 11.6. The molecule has 3 nitrogen and oxygen atoms in total. The Hall–Kier alpha value is -0.220. The number of amides is 1. The molecule has 90 valence electrons. The number of rotatable bonds is 6. The van der Waals surface area contributed by atoms with Crippen molar-refractivity contribution in [2.75, 3.05) is 27.2 Å². The third-order valence-electron chi connectivity index (χ3n) is 2.30. The fourth-order valence-corrected chi connectivity index (χ4v) is 2.93. The Bertz CT molecular complexity index is 207. The first kappa shape index (κ1) is 14.8. The van der Waals surface area contributed by atoms with Crippen LogP contribution in [-0.4, -0.2) is 48.0 Å². The molecule has 0 aliphatic carbocycles. The molecule has 0 aromatic rings. The van der Waals surface area contributed by atoms with Crippen LogP contribution in [0, 0.1) is 0 Å². The summed E-state index contributed by atoms with van der Waals surface area (Å²) in [5.74, 6) is 0.215. The molecule has 0 aliphatic rings. The minimum atomic E-state index is 0.0262. The van der Waals surface area contributed by atoms with Crippen molar-refractivity contribution in [1.29, 1.82) is 0 Å². The quantitative estimate of drug-likeness (QED) is 0.755. The SMILES string of the molecule is CCN(C)C(=O)C(C)SC(C)(C)CNC. The van der Waals surface area contributed by atoms with Crippen molar-refractivity contribution in [3.63, 3.8) is 0 Å². The molecule has 0 bridgehead atoms. The Morgan fingerprint density at radius 3 is 2.47 bits per heavy atom. The molecule has 4 heteroatoms. The lowest BCUT2D eigenvalue weighted by Gasteiger charge is -2.28. The molecule has 0 saturated carbocycles. The topological polar surface area (TPSA) is 32.3 Å². The third-order valence-corrected chi connectivity index (χ3v) is 3.63. The Morgan fingerprint density at radius 1 is 1.53 bits per heavy atom. The van der Waals surface area contributed by atoms with Gasteiger partial charge in [-0.15, -0.1) is 11.8 Å². The van der Waals surface area contributed by atoms with Gasteiger partial charge in [0.1, 0.15) is 0 Å². The highest BCUT2D eigenvalue weighted by molar-refractivity contribution is 8.01. The first-order valence-corrected chi connectivity index (χ1v) is 6.29. The summed E-state index contributed by atoms with van der Waals surface area (Å²) in [7, 11) is 3.79. The summed E-state index contributed by atoms with van der Waals surface area (Å²) in [6, 6.07) is 0. The van der Waals surface area contributed by atoms with Crippen molar-refractivity contribution in [3.8, 4) is 0 Å². The van der Waals surface area contributed by atoms with Crippen LogP contribution in [0.15, 0.2) is 0 Å². The predicted octanol–water partition coefficient (Wildman–Crippen LogP) is 1.58. The molecular formula is C11H24N2OS. The van der Waals surface area contributed by atoms with Crippen LogP contribution in [0.1, 0.15) is 27.7 Å². The fraction of sp³-hybridized carbons (Fsp3) is 0.909. The van der Waals surface area contributed by atoms with Gasteiger partial charge in [-0.25, -0.2) is 0 Å². The van der Waals surface area contributed by atoms with E-state index < -0.39 is 0 Å². The van der Waals surface area contributed by atoms with E-state index in [4.69, 9.17) is 0 Å². The van der Waals surface area contributed by atoms with Gasteiger partial charge in [0.15, 0.2) is 0 Å². The van der Waals surface area contributed by atoms with Crippen molar-refractivity contribution >= 4 is 17.7 Å². The van der Waals surface area contributed by atoms with Crippen molar-refractivity contribution in [2.24, 2.45) is 0 Å². The molecule has 0 aromatic heterocycles. The average Bonchev–Trinajstić information content (AvgIpc) is 2.14. The van der Waals surface area contributed by atoms with Crippen molar-refractivity contribution in [1.82, 2.24) is 10.2 Å². The normalized spacial score (nSPS) is 13.7. The van der Waals surface area contributed by atoms with E-state index in [0.717, 1.165) is 13.1 Å². The van der Waals surface area contributed by atoms with Crippen LogP contribution in [0.2, 0.25) is 0 Å². The van der Waals surface area contributed by atoms with Gasteiger partial charge >= 0.3 is 0 Å². The lowest BCUT2D eigenvalue weighted by atomic mass is 10.2. The van der Waals surface area contributed by atoms with Crippen molar-refractivity contribution in [2.45, 2.75) is 37.7 Å². The number of hydrogen-bond acceptors (Lipinski definition) is 3. The highest BCUT2D eigenvalue weighted by Crippen LogP contribution is 2.28. The summed E-state index contributed by atoms with van der Waals surface area (Å²) in [5, 5.41) is 3.18. The Morgan fingerprint density at radius 2 is 2.07 bits per heavy atom. The zero-order valence-electron chi connectivity index (χ0n) is 10.8. The van der Waals surface area contributed by atoms with E-state index in [1.54, 1.807) is 16.7 Å². The van der Waals surface area contributed by atoms with Crippen LogP contribution in [0.5, 0.6) is 0 Å². The van der Waals surface area contributed by atoms with Crippen LogP contribution in [0.3, 0.4) is 0 Å². The number of hydrogen-bond donors (Lipinski definition) is 1. The summed E-state index contributed by atoms with van der Waals surface area (Å²) < 4.78 is 0.0956. The van der Waals surface area contributed by atoms with Crippen LogP contribution in [0.4, 0.5) is 0 Å². The Kier molecular flexibility index (Phi) is 6.29. The number of nitrogens with one attached hydrogen (secondary N) is 1. The third kappa shape index (κ3) is 5.42. The second kappa shape index (κ2) is 6.38. The van der Waals surface area contributed by atoms with Gasteiger partial charge in [0.25, 0.3) is 0 Å². The summed E-state index contributed by atoms with van der Waals surface area (Å²) in [6.07, 6.45) is 0. The van der Waals surface area contributed by atoms with Gasteiger partial charge in [0.2, 0.25) is 5.91 Å². The summed E-state index contributed by atoms with van der Waals surface area (Å²) in [4.78, 5) is 13.6. The number of carbonyl (C=O) groups excluding carboxylic acids is 1. The second-order valence-electron chi connectivity index (χ2n) is 4.40. The van der Waals surface area contributed by atoms with Crippen LogP contribution in [0.25, 0.3) is 0 Å². The molecule has 1 unspecified atom stereocenters. The molecule has 1 atom stereocenters. The van der Waals surface area contributed by atoms with Gasteiger partial charge < -0.3 is 10.2 Å². The number of carbonyl (C=O) groups is 1. The van der Waals surface area contributed by atoms with Gasteiger partial charge in [-0.3, -0.25) is 4.79 Å². The van der Waals surface area contributed by atoms with Gasteiger partial charge in [-0.1, -0.05) is 0 Å². The lowest BCUT2D eigenvalue weighted by Crippen LogP contribution is -2.38. The highest BCUT2D eigenvalue weighted by atomic mass is 32.2. The van der Waals surface area contributed by atoms with E-state index in [-0.39, 0.29) is 15.9 Å². The number of thioether (sulfide) groups is 1. The zero-order chi connectivity index (χ0) is 12.1. The van der Waals surface area contributed by atoms with Gasteiger partial charge in [-0.05, 0) is 34.7 Å². The first-order valence-electron chi connectivity index (χ1n) is 5.41. The predicted molar refractivity (Wildman–Crippen MR) is 68.4 cm³/mol. The van der Waals surface area contributed by atoms with E-state index in [1.807, 2.05) is 27.9 Å². The fourth-order valence-electron chi connectivity index (χ4n) is 1.46. The number of nitrogens with zero attached hydrogens (tertiary/aromatic N) is 1. The van der Waals surface area contributed by atoms with Crippen LogP contribution >= 0.6 is 11.8 Å². The monoisotopic (exact) mass is 232 g/mol. The highest BCUT2D eigenvalue weighted by Gasteiger charge is 2.26. The van der Waals surface area contributed by atoms with Gasteiger partial charge in [0.05, 0.1) is 5.25 Å². The van der Waals surface area contributed by atoms with Gasteiger partial charge in [0, 0.05) is 24.9 Å². The molecule has 0 heterocycles. The van der Waals surface area contributed by atoms with Crippen molar-refractivity contribution in [3.05, 3.63) is 0 Å². The molecule has 0 rings (SSSR count). The molecule has 1 amide bonds. The lowest BCUT2D eigenvalue weighted by molar-refractivity contribution is -0.128. The molecule has 0 aliphatic heterocycles. The van der Waals surface area contributed by atoms with E-state index in [9.17, 15) is 4.79 Å². The largest absolute Gasteiger partial charge is 0.345 e. The Labute approximate surface area is 98.0 Å². The molecule has 0 saturated heterocycles. The molecule has 0 radical (unpaired) electrons. The second-order valence-corrected chi connectivity index (χ2v) is 6.45. The van der Waals surface area contributed by atoms with E-state index >= 15 is 0 Å². The van der Waals surface area contributed by atoms with E-state index in [1.165, 1.54) is 0 Å². The Balaban J connectivity index is 4.23. The molecule has 0 aromatic carbocycles. The average molecular weight is 232 g/mol. The summed E-state index contributed by atoms with van der Waals surface area (Å²) >= 11 is 1.72.